The predicted molar refractivity (Wildman–Crippen MR) is 82.4 cm³/mol. The number of pyridine rings is 1. The van der Waals surface area contributed by atoms with E-state index in [1.807, 2.05) is 0 Å². The molecule has 0 aliphatic rings. The SMILES string of the molecule is Cc1n[nH]c(C)c1S(=O)(=O)NCc1nc(-c2ccc[nH]c2=O)no1. The largest absolute Gasteiger partial charge is 0.338 e. The summed E-state index contributed by atoms with van der Waals surface area (Å²) in [7, 11) is -3.78. The number of hydrogen-bond acceptors (Lipinski definition) is 7. The Labute approximate surface area is 136 Å². The van der Waals surface area contributed by atoms with E-state index < -0.39 is 10.0 Å². The van der Waals surface area contributed by atoms with Crippen molar-refractivity contribution in [1.29, 1.82) is 0 Å². The predicted octanol–water partition coefficient (Wildman–Crippen LogP) is 0.243. The Balaban J connectivity index is 1.79. The number of sulfonamides is 1. The van der Waals surface area contributed by atoms with Crippen molar-refractivity contribution in [3.05, 3.63) is 46.0 Å². The van der Waals surface area contributed by atoms with Gasteiger partial charge in [0.05, 0.1) is 23.5 Å². The molecule has 3 N–H and O–H groups in total. The molecule has 0 aliphatic carbocycles. The third kappa shape index (κ3) is 2.98. The van der Waals surface area contributed by atoms with E-state index in [4.69, 9.17) is 4.52 Å². The molecule has 0 unspecified atom stereocenters. The van der Waals surface area contributed by atoms with Crippen LogP contribution in [-0.4, -0.2) is 33.7 Å². The number of nitrogens with one attached hydrogen (secondary N) is 3. The van der Waals surface area contributed by atoms with Gasteiger partial charge in [-0.25, -0.2) is 13.1 Å². The molecule has 0 saturated carbocycles. The number of aromatic nitrogens is 5. The Hall–Kier alpha value is -2.79. The average molecular weight is 350 g/mol. The first-order chi connectivity index (χ1) is 11.4. The molecule has 3 heterocycles. The van der Waals surface area contributed by atoms with Crippen LogP contribution in [0.4, 0.5) is 0 Å². The van der Waals surface area contributed by atoms with Crippen LogP contribution >= 0.6 is 0 Å². The van der Waals surface area contributed by atoms with Crippen molar-refractivity contribution >= 4 is 10.0 Å². The van der Waals surface area contributed by atoms with Crippen LogP contribution < -0.4 is 10.3 Å². The first kappa shape index (κ1) is 16.1. The second kappa shape index (κ2) is 6.02. The third-order valence-electron chi connectivity index (χ3n) is 3.27. The van der Waals surface area contributed by atoms with Crippen molar-refractivity contribution in [2.45, 2.75) is 25.3 Å². The van der Waals surface area contributed by atoms with Crippen LogP contribution in [0.5, 0.6) is 0 Å². The van der Waals surface area contributed by atoms with Crippen molar-refractivity contribution in [2.24, 2.45) is 0 Å². The monoisotopic (exact) mass is 350 g/mol. The fourth-order valence-corrected chi connectivity index (χ4v) is 3.54. The zero-order valence-electron chi connectivity index (χ0n) is 12.8. The third-order valence-corrected chi connectivity index (χ3v) is 4.93. The molecular weight excluding hydrogens is 336 g/mol. The van der Waals surface area contributed by atoms with Gasteiger partial charge < -0.3 is 9.51 Å². The second-order valence-corrected chi connectivity index (χ2v) is 6.72. The Morgan fingerprint density at radius 3 is 2.79 bits per heavy atom. The van der Waals surface area contributed by atoms with Crippen LogP contribution in [0.1, 0.15) is 17.3 Å². The summed E-state index contributed by atoms with van der Waals surface area (Å²) < 4.78 is 32.0. The molecule has 0 bridgehead atoms. The number of rotatable bonds is 5. The van der Waals surface area contributed by atoms with E-state index in [1.165, 1.54) is 12.3 Å². The normalized spacial score (nSPS) is 11.8. The quantitative estimate of drug-likeness (QED) is 0.597. The highest BCUT2D eigenvalue weighted by atomic mass is 32.2. The van der Waals surface area contributed by atoms with E-state index in [-0.39, 0.29) is 34.3 Å². The molecule has 10 nitrogen and oxygen atoms in total. The van der Waals surface area contributed by atoms with Gasteiger partial charge >= 0.3 is 0 Å². The maximum atomic E-state index is 12.3. The van der Waals surface area contributed by atoms with E-state index in [1.54, 1.807) is 19.9 Å². The minimum absolute atomic E-state index is 0.0376. The fraction of sp³-hybridized carbons (Fsp3) is 0.231. The smallest absolute Gasteiger partial charge is 0.259 e. The lowest BCUT2D eigenvalue weighted by atomic mass is 10.3. The number of H-pyrrole nitrogens is 2. The molecule has 126 valence electrons. The zero-order chi connectivity index (χ0) is 17.3. The van der Waals surface area contributed by atoms with Crippen molar-refractivity contribution in [3.8, 4) is 11.4 Å². The molecule has 3 aromatic heterocycles. The average Bonchev–Trinajstić information content (AvgIpc) is 3.13. The second-order valence-electron chi connectivity index (χ2n) is 5.01. The highest BCUT2D eigenvalue weighted by molar-refractivity contribution is 7.89. The molecule has 0 fully saturated rings. The van der Waals surface area contributed by atoms with E-state index in [0.717, 1.165) is 0 Å². The van der Waals surface area contributed by atoms with E-state index in [0.29, 0.717) is 11.4 Å². The van der Waals surface area contributed by atoms with Gasteiger partial charge in [-0.05, 0) is 26.0 Å². The Bertz CT molecular complexity index is 1010. The zero-order valence-corrected chi connectivity index (χ0v) is 13.6. The van der Waals surface area contributed by atoms with Crippen LogP contribution in [0.25, 0.3) is 11.4 Å². The molecule has 11 heteroatoms. The van der Waals surface area contributed by atoms with Gasteiger partial charge in [-0.2, -0.15) is 10.1 Å². The van der Waals surface area contributed by atoms with Gasteiger partial charge in [-0.1, -0.05) is 5.16 Å². The van der Waals surface area contributed by atoms with Crippen molar-refractivity contribution < 1.29 is 12.9 Å². The highest BCUT2D eigenvalue weighted by Gasteiger charge is 2.23. The summed E-state index contributed by atoms with van der Waals surface area (Å²) in [6, 6.07) is 3.16. The Morgan fingerprint density at radius 2 is 2.12 bits per heavy atom. The summed E-state index contributed by atoms with van der Waals surface area (Å²) in [5, 5.41) is 10.2. The molecule has 0 amide bonds. The van der Waals surface area contributed by atoms with Crippen LogP contribution in [0.15, 0.2) is 32.5 Å². The fourth-order valence-electron chi connectivity index (χ4n) is 2.20. The molecule has 0 aromatic carbocycles. The maximum absolute atomic E-state index is 12.3. The molecule has 0 radical (unpaired) electrons. The van der Waals surface area contributed by atoms with Gasteiger partial charge in [-0.3, -0.25) is 9.89 Å². The van der Waals surface area contributed by atoms with Gasteiger partial charge in [-0.15, -0.1) is 0 Å². The number of hydrogen-bond donors (Lipinski definition) is 3. The number of nitrogens with zero attached hydrogens (tertiary/aromatic N) is 3. The molecule has 3 aromatic rings. The Kier molecular flexibility index (Phi) is 4.03. The number of aromatic amines is 2. The van der Waals surface area contributed by atoms with Crippen molar-refractivity contribution in [1.82, 2.24) is 30.0 Å². The molecular formula is C13H14N6O4S. The summed E-state index contributed by atoms with van der Waals surface area (Å²) >= 11 is 0. The Morgan fingerprint density at radius 1 is 1.33 bits per heavy atom. The highest BCUT2D eigenvalue weighted by Crippen LogP contribution is 2.17. The summed E-state index contributed by atoms with van der Waals surface area (Å²) in [5.74, 6) is 0.123. The summed E-state index contributed by atoms with van der Waals surface area (Å²) in [6.07, 6.45) is 1.48. The lowest BCUT2D eigenvalue weighted by molar-refractivity contribution is 0.376. The molecule has 24 heavy (non-hydrogen) atoms. The standard InChI is InChI=1S/C13H14N6O4S/c1-7-11(8(2)18-17-7)24(21,22)15-6-10-16-12(19-23-10)9-4-3-5-14-13(9)20/h3-5,15H,6H2,1-2H3,(H,14,20)(H,17,18). The van der Waals surface area contributed by atoms with E-state index >= 15 is 0 Å². The molecule has 3 rings (SSSR count). The lowest BCUT2D eigenvalue weighted by Crippen LogP contribution is -2.24. The minimum atomic E-state index is -3.78. The summed E-state index contributed by atoms with van der Waals surface area (Å²) in [6.45, 7) is 3.00. The van der Waals surface area contributed by atoms with Crippen LogP contribution in [0, 0.1) is 13.8 Å². The lowest BCUT2D eigenvalue weighted by Gasteiger charge is -2.04. The molecule has 0 spiro atoms. The van der Waals surface area contributed by atoms with Crippen LogP contribution in [-0.2, 0) is 16.6 Å². The molecule has 0 atom stereocenters. The number of aryl methyl sites for hydroxylation is 2. The van der Waals surface area contributed by atoms with Crippen LogP contribution in [0.2, 0.25) is 0 Å². The van der Waals surface area contributed by atoms with Gasteiger partial charge in [0.2, 0.25) is 21.7 Å². The van der Waals surface area contributed by atoms with Gasteiger partial charge in [0.15, 0.2) is 0 Å². The minimum Gasteiger partial charge on any atom is -0.338 e. The maximum Gasteiger partial charge on any atom is 0.259 e. The first-order valence-corrected chi connectivity index (χ1v) is 8.38. The molecule has 0 saturated heterocycles. The summed E-state index contributed by atoms with van der Waals surface area (Å²) in [5.41, 5.74) is 0.663. The van der Waals surface area contributed by atoms with Crippen molar-refractivity contribution in [3.63, 3.8) is 0 Å². The van der Waals surface area contributed by atoms with Gasteiger partial charge in [0.25, 0.3) is 5.56 Å². The molecule has 0 aliphatic heterocycles. The summed E-state index contributed by atoms with van der Waals surface area (Å²) in [4.78, 5) is 18.3. The first-order valence-electron chi connectivity index (χ1n) is 6.90. The van der Waals surface area contributed by atoms with Crippen LogP contribution in [0.3, 0.4) is 0 Å². The van der Waals surface area contributed by atoms with E-state index in [2.05, 4.69) is 30.0 Å². The van der Waals surface area contributed by atoms with E-state index in [9.17, 15) is 13.2 Å². The topological polar surface area (TPSA) is 147 Å². The van der Waals surface area contributed by atoms with Gasteiger partial charge in [0.1, 0.15) is 4.90 Å². The van der Waals surface area contributed by atoms with Gasteiger partial charge in [0, 0.05) is 6.20 Å². The van der Waals surface area contributed by atoms with Crippen molar-refractivity contribution in [2.75, 3.05) is 0 Å².